The summed E-state index contributed by atoms with van der Waals surface area (Å²) < 4.78 is 2.44. The molecule has 0 aliphatic carbocycles. The summed E-state index contributed by atoms with van der Waals surface area (Å²) in [6.45, 7) is 0. The highest BCUT2D eigenvalue weighted by molar-refractivity contribution is 6.22. The molecule has 0 aliphatic rings. The lowest BCUT2D eigenvalue weighted by Gasteiger charge is -2.14. The van der Waals surface area contributed by atoms with Crippen molar-refractivity contribution in [2.75, 3.05) is 0 Å². The molecular weight excluding hydrogens is 388 g/mol. The average Bonchev–Trinajstić information content (AvgIpc) is 3.40. The van der Waals surface area contributed by atoms with Crippen molar-refractivity contribution < 1.29 is 0 Å². The Hall–Kier alpha value is -4.30. The molecule has 1 N–H and O–H groups in total. The van der Waals surface area contributed by atoms with Gasteiger partial charge in [0.2, 0.25) is 0 Å². The maximum absolute atomic E-state index is 3.73. The highest BCUT2D eigenvalue weighted by Gasteiger charge is 2.18. The molecule has 150 valence electrons. The second kappa shape index (κ2) is 6.60. The molecule has 0 saturated carbocycles. The molecule has 0 saturated heterocycles. The molecule has 0 amide bonds. The fourth-order valence-electron chi connectivity index (χ4n) is 5.15. The maximum atomic E-state index is 3.73. The minimum atomic E-state index is 1.17. The van der Waals surface area contributed by atoms with E-state index in [-0.39, 0.29) is 0 Å². The van der Waals surface area contributed by atoms with Gasteiger partial charge >= 0.3 is 0 Å². The summed E-state index contributed by atoms with van der Waals surface area (Å²) in [5.74, 6) is 0. The Morgan fingerprint density at radius 3 is 2.09 bits per heavy atom. The predicted octanol–water partition coefficient (Wildman–Crippen LogP) is 8.09. The van der Waals surface area contributed by atoms with E-state index in [1.165, 1.54) is 60.4 Å². The number of aromatic nitrogens is 2. The molecule has 0 bridgehead atoms. The van der Waals surface area contributed by atoms with Gasteiger partial charge in [-0.15, -0.1) is 0 Å². The molecule has 5 aromatic carbocycles. The van der Waals surface area contributed by atoms with Crippen LogP contribution in [0, 0.1) is 0 Å². The number of nitrogens with zero attached hydrogens (tertiary/aromatic N) is 1. The topological polar surface area (TPSA) is 20.7 Å². The smallest absolute Gasteiger partial charge is 0.0783 e. The summed E-state index contributed by atoms with van der Waals surface area (Å²) in [6, 6.07) is 41.2. The molecule has 0 radical (unpaired) electrons. The van der Waals surface area contributed by atoms with Gasteiger partial charge in [0.25, 0.3) is 0 Å². The predicted molar refractivity (Wildman–Crippen MR) is 136 cm³/mol. The molecule has 2 heteroatoms. The number of para-hydroxylation sites is 3. The van der Waals surface area contributed by atoms with Gasteiger partial charge < -0.3 is 9.55 Å². The molecule has 0 fully saturated rings. The Bertz CT molecular complexity index is 1770. The number of benzene rings is 5. The van der Waals surface area contributed by atoms with Crippen molar-refractivity contribution in [2.45, 2.75) is 0 Å². The van der Waals surface area contributed by atoms with Gasteiger partial charge in [0.05, 0.1) is 22.2 Å². The summed E-state index contributed by atoms with van der Waals surface area (Å²) in [6.07, 6.45) is 0. The van der Waals surface area contributed by atoms with Crippen molar-refractivity contribution in [2.24, 2.45) is 0 Å². The fraction of sp³-hybridized carbons (Fsp3) is 0. The van der Waals surface area contributed by atoms with E-state index in [1.807, 2.05) is 0 Å². The number of rotatable bonds is 2. The quantitative estimate of drug-likeness (QED) is 0.298. The monoisotopic (exact) mass is 408 g/mol. The normalized spacial score (nSPS) is 11.8. The third kappa shape index (κ3) is 2.35. The molecule has 0 spiro atoms. The molecule has 0 aliphatic heterocycles. The van der Waals surface area contributed by atoms with Crippen LogP contribution in [0.15, 0.2) is 115 Å². The summed E-state index contributed by atoms with van der Waals surface area (Å²) in [5, 5.41) is 5.06. The van der Waals surface area contributed by atoms with Crippen LogP contribution in [0.2, 0.25) is 0 Å². The number of hydrogen-bond donors (Lipinski definition) is 1. The number of fused-ring (bicyclic) bond motifs is 7. The van der Waals surface area contributed by atoms with Gasteiger partial charge in [0, 0.05) is 32.6 Å². The SMILES string of the molecule is c1ccc(-c2ccccc2-n2c3ccccc3c3ccc4c5ccccc5[nH]c4c32)cc1. The van der Waals surface area contributed by atoms with Crippen LogP contribution in [-0.2, 0) is 0 Å². The number of nitrogens with one attached hydrogen (secondary N) is 1. The van der Waals surface area contributed by atoms with E-state index in [0.29, 0.717) is 0 Å². The molecular formula is C30H20N2. The van der Waals surface area contributed by atoms with Crippen molar-refractivity contribution in [3.8, 4) is 16.8 Å². The van der Waals surface area contributed by atoms with Gasteiger partial charge in [-0.1, -0.05) is 97.1 Å². The lowest BCUT2D eigenvalue weighted by atomic mass is 10.0. The summed E-state index contributed by atoms with van der Waals surface area (Å²) in [4.78, 5) is 3.73. The van der Waals surface area contributed by atoms with Gasteiger partial charge in [-0.25, -0.2) is 0 Å². The van der Waals surface area contributed by atoms with Crippen LogP contribution in [-0.4, -0.2) is 9.55 Å². The first kappa shape index (κ1) is 17.4. The molecule has 2 nitrogen and oxygen atoms in total. The van der Waals surface area contributed by atoms with Crippen molar-refractivity contribution in [1.82, 2.24) is 9.55 Å². The molecule has 7 rings (SSSR count). The molecule has 32 heavy (non-hydrogen) atoms. The fourth-order valence-corrected chi connectivity index (χ4v) is 5.15. The van der Waals surface area contributed by atoms with Crippen molar-refractivity contribution in [3.63, 3.8) is 0 Å². The van der Waals surface area contributed by atoms with E-state index in [2.05, 4.69) is 125 Å². The zero-order chi connectivity index (χ0) is 21.1. The standard InChI is InChI=1S/C30H20N2/c1-2-10-20(11-3-1)21-12-5-8-16-27(21)32-28-17-9-6-14-23(28)25-19-18-24-22-13-4-7-15-26(22)31-29(24)30(25)32/h1-19,31H. The number of H-pyrrole nitrogens is 1. The summed E-state index contributed by atoms with van der Waals surface area (Å²) in [5.41, 5.74) is 8.43. The van der Waals surface area contributed by atoms with Crippen LogP contribution in [0.5, 0.6) is 0 Å². The average molecular weight is 409 g/mol. The first-order chi connectivity index (χ1) is 15.9. The van der Waals surface area contributed by atoms with Gasteiger partial charge in [-0.05, 0) is 23.8 Å². The number of aromatic amines is 1. The Kier molecular flexibility index (Phi) is 3.58. The van der Waals surface area contributed by atoms with Crippen LogP contribution >= 0.6 is 0 Å². The molecule has 0 atom stereocenters. The van der Waals surface area contributed by atoms with Crippen molar-refractivity contribution >= 4 is 43.6 Å². The minimum absolute atomic E-state index is 1.17. The Labute approximate surface area is 185 Å². The molecule has 2 heterocycles. The first-order valence-electron chi connectivity index (χ1n) is 11.0. The van der Waals surface area contributed by atoms with Crippen LogP contribution in [0.1, 0.15) is 0 Å². The maximum Gasteiger partial charge on any atom is 0.0783 e. The highest BCUT2D eigenvalue weighted by atomic mass is 15.0. The third-order valence-electron chi connectivity index (χ3n) is 6.54. The second-order valence-electron chi connectivity index (χ2n) is 8.29. The van der Waals surface area contributed by atoms with Crippen LogP contribution in [0.25, 0.3) is 60.4 Å². The Morgan fingerprint density at radius 1 is 0.500 bits per heavy atom. The van der Waals surface area contributed by atoms with E-state index in [4.69, 9.17) is 0 Å². The molecule has 7 aromatic rings. The Balaban J connectivity index is 1.70. The van der Waals surface area contributed by atoms with Gasteiger partial charge in [0.15, 0.2) is 0 Å². The minimum Gasteiger partial charge on any atom is -0.353 e. The van der Waals surface area contributed by atoms with E-state index in [9.17, 15) is 0 Å². The Morgan fingerprint density at radius 2 is 1.19 bits per heavy atom. The van der Waals surface area contributed by atoms with Crippen LogP contribution in [0.4, 0.5) is 0 Å². The zero-order valence-corrected chi connectivity index (χ0v) is 17.4. The molecule has 0 unspecified atom stereocenters. The lowest BCUT2D eigenvalue weighted by Crippen LogP contribution is -1.97. The summed E-state index contributed by atoms with van der Waals surface area (Å²) in [7, 11) is 0. The van der Waals surface area contributed by atoms with E-state index in [0.717, 1.165) is 0 Å². The zero-order valence-electron chi connectivity index (χ0n) is 17.4. The first-order valence-corrected chi connectivity index (χ1v) is 11.0. The van der Waals surface area contributed by atoms with Crippen LogP contribution < -0.4 is 0 Å². The highest BCUT2D eigenvalue weighted by Crippen LogP contribution is 2.40. The van der Waals surface area contributed by atoms with Crippen molar-refractivity contribution in [3.05, 3.63) is 115 Å². The number of hydrogen-bond acceptors (Lipinski definition) is 0. The largest absolute Gasteiger partial charge is 0.353 e. The van der Waals surface area contributed by atoms with E-state index >= 15 is 0 Å². The van der Waals surface area contributed by atoms with E-state index in [1.54, 1.807) is 0 Å². The summed E-state index contributed by atoms with van der Waals surface area (Å²) >= 11 is 0. The third-order valence-corrected chi connectivity index (χ3v) is 6.54. The second-order valence-corrected chi connectivity index (χ2v) is 8.29. The lowest BCUT2D eigenvalue weighted by molar-refractivity contribution is 1.18. The van der Waals surface area contributed by atoms with Gasteiger partial charge in [0.1, 0.15) is 0 Å². The van der Waals surface area contributed by atoms with E-state index < -0.39 is 0 Å². The van der Waals surface area contributed by atoms with Crippen molar-refractivity contribution in [1.29, 1.82) is 0 Å². The molecule has 2 aromatic heterocycles. The van der Waals surface area contributed by atoms with Gasteiger partial charge in [-0.3, -0.25) is 0 Å². The van der Waals surface area contributed by atoms with Crippen LogP contribution in [0.3, 0.4) is 0 Å². The van der Waals surface area contributed by atoms with Gasteiger partial charge in [-0.2, -0.15) is 0 Å².